The van der Waals surface area contributed by atoms with Gasteiger partial charge in [0.05, 0.1) is 11.6 Å². The van der Waals surface area contributed by atoms with Gasteiger partial charge in [-0.2, -0.15) is 5.26 Å². The molecule has 0 fully saturated rings. The van der Waals surface area contributed by atoms with Crippen LogP contribution in [0.3, 0.4) is 0 Å². The van der Waals surface area contributed by atoms with Gasteiger partial charge in [-0.3, -0.25) is 4.79 Å². The lowest BCUT2D eigenvalue weighted by Crippen LogP contribution is -2.37. The van der Waals surface area contributed by atoms with Crippen LogP contribution >= 0.6 is 0 Å². The molecule has 4 rings (SSSR count). The van der Waals surface area contributed by atoms with Crippen molar-refractivity contribution in [3.63, 3.8) is 0 Å². The predicted molar refractivity (Wildman–Crippen MR) is 118 cm³/mol. The Kier molecular flexibility index (Phi) is 6.25. The van der Waals surface area contributed by atoms with E-state index < -0.39 is 0 Å². The molecule has 2 atom stereocenters. The third kappa shape index (κ3) is 4.57. The van der Waals surface area contributed by atoms with Crippen LogP contribution in [0.5, 0.6) is 0 Å². The molecule has 0 aliphatic heterocycles. The van der Waals surface area contributed by atoms with E-state index in [-0.39, 0.29) is 24.5 Å². The minimum Gasteiger partial charge on any atom is -0.396 e. The van der Waals surface area contributed by atoms with Crippen molar-refractivity contribution in [1.29, 1.82) is 5.26 Å². The maximum absolute atomic E-state index is 13.0. The Morgan fingerprint density at radius 3 is 2.87 bits per heavy atom. The molecule has 3 N–H and O–H groups in total. The Bertz CT molecular complexity index is 1120. The Labute approximate surface area is 181 Å². The summed E-state index contributed by atoms with van der Waals surface area (Å²) in [5.74, 6) is 0.347. The molecule has 0 unspecified atom stereocenters. The molecule has 0 saturated carbocycles. The lowest BCUT2D eigenvalue weighted by molar-refractivity contribution is 0.0893. The molecule has 3 aromatic rings. The molecule has 1 aromatic heterocycles. The highest BCUT2D eigenvalue weighted by molar-refractivity contribution is 5.94. The number of aliphatic hydroxyl groups excluding tert-OH is 1. The van der Waals surface area contributed by atoms with Crippen LogP contribution in [0.4, 0.5) is 5.82 Å². The van der Waals surface area contributed by atoms with Crippen molar-refractivity contribution in [2.75, 3.05) is 11.9 Å². The number of amides is 1. The fourth-order valence-electron chi connectivity index (χ4n) is 4.09. The molecule has 2 aromatic carbocycles. The number of pyridine rings is 1. The average Bonchev–Trinajstić information content (AvgIpc) is 2.83. The van der Waals surface area contributed by atoms with E-state index in [2.05, 4.69) is 27.8 Å². The van der Waals surface area contributed by atoms with Crippen LogP contribution in [-0.2, 0) is 13.0 Å². The van der Waals surface area contributed by atoms with Gasteiger partial charge in [0.15, 0.2) is 0 Å². The van der Waals surface area contributed by atoms with Gasteiger partial charge in [-0.25, -0.2) is 4.98 Å². The number of hydrogen-bond donors (Lipinski definition) is 3. The Hall–Kier alpha value is -3.69. The summed E-state index contributed by atoms with van der Waals surface area (Å²) in [6.07, 6.45) is 3.38. The van der Waals surface area contributed by atoms with Crippen molar-refractivity contribution in [1.82, 2.24) is 10.3 Å². The number of aromatic nitrogens is 1. The van der Waals surface area contributed by atoms with Gasteiger partial charge in [0.2, 0.25) is 0 Å². The minimum atomic E-state index is -0.212. The molecule has 1 aliphatic rings. The Morgan fingerprint density at radius 2 is 2.03 bits per heavy atom. The quantitative estimate of drug-likeness (QED) is 0.575. The van der Waals surface area contributed by atoms with Gasteiger partial charge in [0.25, 0.3) is 5.91 Å². The van der Waals surface area contributed by atoms with Crippen LogP contribution in [0.2, 0.25) is 0 Å². The van der Waals surface area contributed by atoms with E-state index in [1.165, 1.54) is 5.56 Å². The van der Waals surface area contributed by atoms with E-state index in [9.17, 15) is 15.2 Å². The first-order chi connectivity index (χ1) is 15.2. The summed E-state index contributed by atoms with van der Waals surface area (Å²) in [6.45, 7) is 0.479. The topological polar surface area (TPSA) is 98.0 Å². The van der Waals surface area contributed by atoms with Crippen LogP contribution in [-0.4, -0.2) is 22.6 Å². The fraction of sp³-hybridized carbons (Fsp3) is 0.240. The second-order valence-electron chi connectivity index (χ2n) is 7.70. The zero-order valence-electron chi connectivity index (χ0n) is 17.1. The standard InChI is InChI=1S/C25H24N4O2/c26-14-20-8-4-12-27-24(20)28-15-17-5-3-7-19(13-17)25(31)29-23-21(16-30)11-10-18-6-1-2-9-22(18)23/h1-9,12-13,21,23,30H,10-11,15-16H2,(H,27,28)(H,29,31)/t21-,23-/m0/s1. The summed E-state index contributed by atoms with van der Waals surface area (Å²) in [4.78, 5) is 17.2. The van der Waals surface area contributed by atoms with Gasteiger partial charge in [0.1, 0.15) is 11.9 Å². The van der Waals surface area contributed by atoms with Gasteiger partial charge in [-0.1, -0.05) is 36.4 Å². The lowest BCUT2D eigenvalue weighted by Gasteiger charge is -2.33. The second kappa shape index (κ2) is 9.41. The lowest BCUT2D eigenvalue weighted by atomic mass is 9.80. The van der Waals surface area contributed by atoms with Crippen LogP contribution < -0.4 is 10.6 Å². The molecule has 1 amide bonds. The first kappa shape index (κ1) is 20.6. The zero-order valence-corrected chi connectivity index (χ0v) is 17.1. The number of nitrogens with one attached hydrogen (secondary N) is 2. The molecule has 156 valence electrons. The third-order valence-electron chi connectivity index (χ3n) is 5.74. The number of fused-ring (bicyclic) bond motifs is 1. The molecule has 0 bridgehead atoms. The van der Waals surface area contributed by atoms with Crippen LogP contribution in [0.25, 0.3) is 0 Å². The number of carbonyl (C=O) groups is 1. The summed E-state index contributed by atoms with van der Waals surface area (Å²) < 4.78 is 0. The highest BCUT2D eigenvalue weighted by Crippen LogP contribution is 2.34. The van der Waals surface area contributed by atoms with Crippen molar-refractivity contribution in [3.8, 4) is 6.07 Å². The summed E-state index contributed by atoms with van der Waals surface area (Å²) in [7, 11) is 0. The van der Waals surface area contributed by atoms with E-state index in [4.69, 9.17) is 0 Å². The number of rotatable bonds is 6. The molecule has 0 radical (unpaired) electrons. The van der Waals surface area contributed by atoms with E-state index in [0.29, 0.717) is 23.5 Å². The number of benzene rings is 2. The van der Waals surface area contributed by atoms with Crippen LogP contribution in [0.15, 0.2) is 66.9 Å². The average molecular weight is 412 g/mol. The maximum Gasteiger partial charge on any atom is 0.251 e. The number of nitriles is 1. The Balaban J connectivity index is 1.49. The number of aliphatic hydroxyl groups is 1. The molecule has 31 heavy (non-hydrogen) atoms. The van der Waals surface area contributed by atoms with Crippen molar-refractivity contribution in [2.24, 2.45) is 5.92 Å². The summed E-state index contributed by atoms with van der Waals surface area (Å²) >= 11 is 0. The first-order valence-electron chi connectivity index (χ1n) is 10.4. The fourth-order valence-corrected chi connectivity index (χ4v) is 4.09. The number of hydrogen-bond acceptors (Lipinski definition) is 5. The second-order valence-corrected chi connectivity index (χ2v) is 7.70. The van der Waals surface area contributed by atoms with Gasteiger partial charge < -0.3 is 15.7 Å². The number of anilines is 1. The van der Waals surface area contributed by atoms with Crippen LogP contribution in [0, 0.1) is 17.2 Å². The highest BCUT2D eigenvalue weighted by atomic mass is 16.3. The van der Waals surface area contributed by atoms with Crippen molar-refractivity contribution < 1.29 is 9.90 Å². The summed E-state index contributed by atoms with van der Waals surface area (Å²) in [6, 6.07) is 20.8. The third-order valence-corrected chi connectivity index (χ3v) is 5.74. The Morgan fingerprint density at radius 1 is 1.16 bits per heavy atom. The molecular formula is C25H24N4O2. The van der Waals surface area contributed by atoms with Gasteiger partial charge in [-0.15, -0.1) is 0 Å². The van der Waals surface area contributed by atoms with E-state index in [0.717, 1.165) is 24.0 Å². The van der Waals surface area contributed by atoms with Crippen LogP contribution in [0.1, 0.15) is 45.1 Å². The normalized spacial score (nSPS) is 17.3. The molecule has 6 nitrogen and oxygen atoms in total. The predicted octanol–water partition coefficient (Wildman–Crippen LogP) is 3.59. The minimum absolute atomic E-state index is 0.00254. The molecule has 1 aliphatic carbocycles. The molecule has 6 heteroatoms. The van der Waals surface area contributed by atoms with E-state index in [1.54, 1.807) is 24.4 Å². The highest BCUT2D eigenvalue weighted by Gasteiger charge is 2.30. The van der Waals surface area contributed by atoms with Gasteiger partial charge >= 0.3 is 0 Å². The number of aryl methyl sites for hydroxylation is 1. The van der Waals surface area contributed by atoms with E-state index in [1.807, 2.05) is 36.4 Å². The maximum atomic E-state index is 13.0. The van der Waals surface area contributed by atoms with Crippen molar-refractivity contribution in [2.45, 2.75) is 25.4 Å². The van der Waals surface area contributed by atoms with Crippen molar-refractivity contribution >= 4 is 11.7 Å². The monoisotopic (exact) mass is 412 g/mol. The smallest absolute Gasteiger partial charge is 0.251 e. The van der Waals surface area contributed by atoms with Gasteiger partial charge in [0, 0.05) is 30.8 Å². The molecule has 0 spiro atoms. The molecule has 0 saturated heterocycles. The van der Waals surface area contributed by atoms with Crippen molar-refractivity contribution in [3.05, 3.63) is 94.7 Å². The number of carbonyl (C=O) groups excluding carboxylic acids is 1. The van der Waals surface area contributed by atoms with Gasteiger partial charge in [-0.05, 0) is 53.8 Å². The SMILES string of the molecule is N#Cc1cccnc1NCc1cccc(C(=O)N[C@@H]2c3ccccc3CC[C@H]2CO)c1. The summed E-state index contributed by atoms with van der Waals surface area (Å²) in [5, 5.41) is 25.3. The largest absolute Gasteiger partial charge is 0.396 e. The summed E-state index contributed by atoms with van der Waals surface area (Å²) in [5.41, 5.74) is 4.24. The van der Waals surface area contributed by atoms with E-state index >= 15 is 0 Å². The first-order valence-corrected chi connectivity index (χ1v) is 10.4. The number of nitrogens with zero attached hydrogens (tertiary/aromatic N) is 2. The molecular weight excluding hydrogens is 388 g/mol. The molecule has 1 heterocycles. The zero-order chi connectivity index (χ0) is 21.6.